The average molecular weight is 1120 g/mol. The molecule has 434 valence electrons. The number of hydrogen-bond donors (Lipinski definition) is 0. The molecular formula is C79H90BN5. The third kappa shape index (κ3) is 8.25. The molecule has 0 amide bonds. The number of aromatic nitrogens is 1. The van der Waals surface area contributed by atoms with Crippen LogP contribution in [-0.4, -0.2) is 22.8 Å². The molecule has 6 heteroatoms. The van der Waals surface area contributed by atoms with Gasteiger partial charge in [0.15, 0.2) is 0 Å². The van der Waals surface area contributed by atoms with Gasteiger partial charge in [0.1, 0.15) is 0 Å². The number of nitrogens with zero attached hydrogens (tertiary/aromatic N) is 5. The van der Waals surface area contributed by atoms with E-state index in [2.05, 4.69) is 276 Å². The Balaban J connectivity index is 1.08. The molecule has 85 heavy (non-hydrogen) atoms. The number of benzene rings is 7. The molecule has 5 heterocycles. The van der Waals surface area contributed by atoms with Crippen LogP contribution >= 0.6 is 0 Å². The van der Waals surface area contributed by atoms with E-state index in [-0.39, 0.29) is 50.3 Å². The molecule has 0 saturated heterocycles. The molecule has 7 aromatic carbocycles. The predicted molar refractivity (Wildman–Crippen MR) is 364 cm³/mol. The summed E-state index contributed by atoms with van der Waals surface area (Å²) in [4.78, 5) is 15.9. The molecule has 4 unspecified atom stereocenters. The quantitative estimate of drug-likeness (QED) is 0.160. The third-order valence-corrected chi connectivity index (χ3v) is 22.4. The molecule has 5 nitrogen and oxygen atoms in total. The van der Waals surface area contributed by atoms with Crippen molar-refractivity contribution in [2.24, 2.45) is 0 Å². The lowest BCUT2D eigenvalue weighted by Crippen LogP contribution is -2.61. The van der Waals surface area contributed by atoms with Gasteiger partial charge in [-0.05, 0) is 196 Å². The van der Waals surface area contributed by atoms with Gasteiger partial charge in [-0.15, -0.1) is 0 Å². The second-order valence-corrected chi connectivity index (χ2v) is 31.6. The molecule has 0 spiro atoms. The molecule has 4 atom stereocenters. The smallest absolute Gasteiger partial charge is 0.252 e. The largest absolute Gasteiger partial charge is 0.334 e. The van der Waals surface area contributed by atoms with Crippen LogP contribution in [0.15, 0.2) is 158 Å². The van der Waals surface area contributed by atoms with Crippen LogP contribution in [-0.2, 0) is 32.5 Å². The van der Waals surface area contributed by atoms with Gasteiger partial charge in [-0.25, -0.2) is 0 Å². The summed E-state index contributed by atoms with van der Waals surface area (Å²) in [6.07, 6.45) is 11.4. The first-order valence-corrected chi connectivity index (χ1v) is 32.2. The van der Waals surface area contributed by atoms with Crippen LogP contribution in [0.2, 0.25) is 0 Å². The predicted octanol–water partition coefficient (Wildman–Crippen LogP) is 19.5. The van der Waals surface area contributed by atoms with Crippen molar-refractivity contribution in [1.29, 1.82) is 0 Å². The van der Waals surface area contributed by atoms with Gasteiger partial charge in [0.05, 0.1) is 16.8 Å². The Labute approximate surface area is 510 Å². The van der Waals surface area contributed by atoms with Gasteiger partial charge in [0, 0.05) is 79.5 Å². The SMILES string of the molecule is CC(C)(C)c1ccc(N2c3cc(N4c5ccc(-c6ccccn6)cc5C5(C)CCCCC45C)ccc3B3c4ccc(C(C)(C)C)cc4N(c4cccc(C(C)(C)C)c4)c4cc(N5c6ccc(C(C)(C)C)cc6C6(C)CCCCC56C)cc2c43)cc1. The first kappa shape index (κ1) is 55.8. The lowest BCUT2D eigenvalue weighted by Gasteiger charge is -2.51. The summed E-state index contributed by atoms with van der Waals surface area (Å²) in [5.41, 5.74) is 26.7. The number of rotatable bonds is 5. The van der Waals surface area contributed by atoms with Crippen molar-refractivity contribution in [2.45, 2.75) is 206 Å². The van der Waals surface area contributed by atoms with Crippen molar-refractivity contribution in [1.82, 2.24) is 4.98 Å². The van der Waals surface area contributed by atoms with E-state index in [1.165, 1.54) is 144 Å². The Bertz CT molecular complexity index is 4000. The molecule has 1 aromatic heterocycles. The van der Waals surface area contributed by atoms with Crippen molar-refractivity contribution in [3.05, 3.63) is 191 Å². The van der Waals surface area contributed by atoms with Crippen LogP contribution in [0, 0.1) is 0 Å². The molecule has 8 aromatic rings. The van der Waals surface area contributed by atoms with Crippen LogP contribution in [0.1, 0.15) is 196 Å². The van der Waals surface area contributed by atoms with Crippen LogP contribution in [0.4, 0.5) is 56.9 Å². The number of hydrogen-bond acceptors (Lipinski definition) is 5. The van der Waals surface area contributed by atoms with E-state index in [1.807, 2.05) is 12.3 Å². The Morgan fingerprint density at radius 3 is 1.46 bits per heavy atom. The Morgan fingerprint density at radius 2 is 0.859 bits per heavy atom. The summed E-state index contributed by atoms with van der Waals surface area (Å²) in [7, 11) is 0. The average Bonchev–Trinajstić information content (AvgIpc) is 1.72. The second-order valence-electron chi connectivity index (χ2n) is 31.6. The minimum absolute atomic E-state index is 0.00679. The van der Waals surface area contributed by atoms with Crippen molar-refractivity contribution < 1.29 is 0 Å². The van der Waals surface area contributed by atoms with Crippen LogP contribution < -0.4 is 36.0 Å². The van der Waals surface area contributed by atoms with Gasteiger partial charge in [-0.1, -0.05) is 189 Å². The van der Waals surface area contributed by atoms with E-state index in [4.69, 9.17) is 4.98 Å². The minimum atomic E-state index is -0.173. The van der Waals surface area contributed by atoms with Gasteiger partial charge < -0.3 is 19.6 Å². The third-order valence-electron chi connectivity index (χ3n) is 22.4. The molecular weight excluding hydrogens is 1030 g/mol. The lowest BCUT2D eigenvalue weighted by atomic mass is 9.33. The van der Waals surface area contributed by atoms with E-state index < -0.39 is 0 Å². The van der Waals surface area contributed by atoms with E-state index in [1.54, 1.807) is 0 Å². The van der Waals surface area contributed by atoms with Gasteiger partial charge in [0.25, 0.3) is 6.71 Å². The fourth-order valence-corrected chi connectivity index (χ4v) is 16.9. The molecule has 4 aliphatic heterocycles. The highest BCUT2D eigenvalue weighted by molar-refractivity contribution is 7.00. The number of pyridine rings is 1. The monoisotopic (exact) mass is 1120 g/mol. The first-order chi connectivity index (χ1) is 40.1. The summed E-state index contributed by atoms with van der Waals surface area (Å²) in [6.45, 7) is 38.7. The molecule has 2 aliphatic carbocycles. The van der Waals surface area contributed by atoms with Crippen molar-refractivity contribution in [2.75, 3.05) is 19.6 Å². The summed E-state index contributed by atoms with van der Waals surface area (Å²) in [5.74, 6) is 0. The highest BCUT2D eigenvalue weighted by Crippen LogP contribution is 2.64. The van der Waals surface area contributed by atoms with Crippen molar-refractivity contribution >= 4 is 80.0 Å². The van der Waals surface area contributed by atoms with Gasteiger partial charge in [-0.2, -0.15) is 0 Å². The molecule has 14 rings (SSSR count). The van der Waals surface area contributed by atoms with Crippen molar-refractivity contribution in [3.63, 3.8) is 0 Å². The van der Waals surface area contributed by atoms with Crippen LogP contribution in [0.3, 0.4) is 0 Å². The fourth-order valence-electron chi connectivity index (χ4n) is 16.9. The molecule has 0 bridgehead atoms. The highest BCUT2D eigenvalue weighted by atomic mass is 15.3. The summed E-state index contributed by atoms with van der Waals surface area (Å²) in [6, 6.07) is 60.7. The summed E-state index contributed by atoms with van der Waals surface area (Å²) in [5, 5.41) is 0. The van der Waals surface area contributed by atoms with Gasteiger partial charge in [-0.3, -0.25) is 4.98 Å². The molecule has 2 saturated carbocycles. The Morgan fingerprint density at radius 1 is 0.376 bits per heavy atom. The standard InChI is InChI=1S/C79H90BN5/c1-72(2,3)52-28-32-56(33-29-52)82-68-48-58(84-65-37-27-51(64-26-17-22-43-81-64)44-60(65)76(13)39-18-20-41-78(76,84)15)34-36-63(68)80-62-35-30-55(75(10,11)12)47-67(62)83(57-25-23-24-53(45-57)73(4,5)6)70-50-59(49-69(82)71(70)80)85-66-38-31-54(74(7,8)9)46-61(66)77(14)40-19-21-42-79(77,85)16/h17,22-38,43-50H,18-21,39-42H2,1-16H3. The zero-order chi connectivity index (χ0) is 59.8. The minimum Gasteiger partial charge on any atom is -0.334 e. The number of anilines is 10. The fraction of sp³-hybridized carbons (Fsp3) is 0.405. The second kappa shape index (κ2) is 18.7. The van der Waals surface area contributed by atoms with E-state index in [0.29, 0.717) is 0 Å². The van der Waals surface area contributed by atoms with Crippen LogP contribution in [0.5, 0.6) is 0 Å². The van der Waals surface area contributed by atoms with Gasteiger partial charge >= 0.3 is 0 Å². The maximum Gasteiger partial charge on any atom is 0.252 e. The Hall–Kier alpha value is -7.05. The Kier molecular flexibility index (Phi) is 12.3. The lowest BCUT2D eigenvalue weighted by molar-refractivity contribution is 0.195. The molecule has 0 N–H and O–H groups in total. The van der Waals surface area contributed by atoms with E-state index in [9.17, 15) is 0 Å². The highest BCUT2D eigenvalue weighted by Gasteiger charge is 2.60. The molecule has 6 aliphatic rings. The van der Waals surface area contributed by atoms with E-state index >= 15 is 0 Å². The molecule has 0 radical (unpaired) electrons. The zero-order valence-corrected chi connectivity index (χ0v) is 54.0. The first-order valence-electron chi connectivity index (χ1n) is 32.2. The maximum atomic E-state index is 4.87. The molecule has 2 fully saturated rings. The van der Waals surface area contributed by atoms with Crippen molar-refractivity contribution in [3.8, 4) is 11.3 Å². The summed E-state index contributed by atoms with van der Waals surface area (Å²) < 4.78 is 0. The zero-order valence-electron chi connectivity index (χ0n) is 54.0. The van der Waals surface area contributed by atoms with E-state index in [0.717, 1.165) is 25.0 Å². The van der Waals surface area contributed by atoms with Crippen LogP contribution in [0.25, 0.3) is 11.3 Å². The number of fused-ring (bicyclic) bond motifs is 10. The van der Waals surface area contributed by atoms with Gasteiger partial charge in [0.2, 0.25) is 0 Å². The maximum absolute atomic E-state index is 4.87. The topological polar surface area (TPSA) is 25.9 Å². The normalized spacial score (nSPS) is 23.2. The summed E-state index contributed by atoms with van der Waals surface area (Å²) >= 11 is 0.